The zero-order valence-electron chi connectivity index (χ0n) is 12.1. The summed E-state index contributed by atoms with van der Waals surface area (Å²) in [7, 11) is 0. The van der Waals surface area contributed by atoms with Crippen molar-refractivity contribution >= 4 is 0 Å². The SMILES string of the molecule is CCCn1nccc1CNC(C)c1ccc(C)cc1. The lowest BCUT2D eigenvalue weighted by atomic mass is 10.1. The van der Waals surface area contributed by atoms with Crippen LogP contribution in [-0.4, -0.2) is 9.78 Å². The number of aryl methyl sites for hydroxylation is 2. The molecule has 1 N–H and O–H groups in total. The quantitative estimate of drug-likeness (QED) is 0.859. The highest BCUT2D eigenvalue weighted by Crippen LogP contribution is 2.14. The van der Waals surface area contributed by atoms with Crippen molar-refractivity contribution in [1.82, 2.24) is 15.1 Å². The third-order valence-corrected chi connectivity index (χ3v) is 3.41. The van der Waals surface area contributed by atoms with E-state index in [-0.39, 0.29) is 0 Å². The molecule has 1 aromatic carbocycles. The molecule has 1 atom stereocenters. The monoisotopic (exact) mass is 257 g/mol. The second kappa shape index (κ2) is 6.53. The lowest BCUT2D eigenvalue weighted by Gasteiger charge is -2.15. The Morgan fingerprint density at radius 3 is 2.63 bits per heavy atom. The Labute approximate surface area is 115 Å². The Kier molecular flexibility index (Phi) is 4.74. The molecule has 3 nitrogen and oxygen atoms in total. The molecule has 102 valence electrons. The molecule has 1 heterocycles. The average molecular weight is 257 g/mol. The van der Waals surface area contributed by atoms with Gasteiger partial charge in [0.05, 0.1) is 5.69 Å². The number of rotatable bonds is 6. The molecule has 0 saturated carbocycles. The molecule has 0 aliphatic rings. The van der Waals surface area contributed by atoms with E-state index in [4.69, 9.17) is 0 Å². The van der Waals surface area contributed by atoms with Crippen LogP contribution in [0, 0.1) is 6.92 Å². The Balaban J connectivity index is 1.94. The van der Waals surface area contributed by atoms with Crippen molar-refractivity contribution in [1.29, 1.82) is 0 Å². The van der Waals surface area contributed by atoms with Crippen molar-refractivity contribution in [2.24, 2.45) is 0 Å². The van der Waals surface area contributed by atoms with Crippen LogP contribution < -0.4 is 5.32 Å². The Bertz CT molecular complexity index is 499. The van der Waals surface area contributed by atoms with E-state index in [0.29, 0.717) is 6.04 Å². The van der Waals surface area contributed by atoms with Crippen LogP contribution in [0.5, 0.6) is 0 Å². The minimum Gasteiger partial charge on any atom is -0.305 e. The van der Waals surface area contributed by atoms with Crippen molar-refractivity contribution in [3.05, 3.63) is 53.3 Å². The third-order valence-electron chi connectivity index (χ3n) is 3.41. The van der Waals surface area contributed by atoms with Gasteiger partial charge in [-0.3, -0.25) is 4.68 Å². The lowest BCUT2D eigenvalue weighted by molar-refractivity contribution is 0.517. The normalized spacial score (nSPS) is 12.6. The molecule has 3 heteroatoms. The molecule has 0 fully saturated rings. The molecule has 1 unspecified atom stereocenters. The van der Waals surface area contributed by atoms with E-state index in [9.17, 15) is 0 Å². The van der Waals surface area contributed by atoms with Gasteiger partial charge in [-0.15, -0.1) is 0 Å². The van der Waals surface area contributed by atoms with Crippen LogP contribution in [0.15, 0.2) is 36.5 Å². The first-order valence-electron chi connectivity index (χ1n) is 7.01. The Morgan fingerprint density at radius 2 is 1.95 bits per heavy atom. The van der Waals surface area contributed by atoms with Crippen LogP contribution in [0.1, 0.15) is 43.1 Å². The average Bonchev–Trinajstić information content (AvgIpc) is 2.85. The van der Waals surface area contributed by atoms with Crippen molar-refractivity contribution in [3.8, 4) is 0 Å². The van der Waals surface area contributed by atoms with Gasteiger partial charge in [0.2, 0.25) is 0 Å². The van der Waals surface area contributed by atoms with Gasteiger partial charge in [0.15, 0.2) is 0 Å². The van der Waals surface area contributed by atoms with Gasteiger partial charge in [0.1, 0.15) is 0 Å². The van der Waals surface area contributed by atoms with Gasteiger partial charge < -0.3 is 5.32 Å². The molecule has 19 heavy (non-hydrogen) atoms. The maximum Gasteiger partial charge on any atom is 0.0522 e. The van der Waals surface area contributed by atoms with Crippen LogP contribution >= 0.6 is 0 Å². The number of aromatic nitrogens is 2. The van der Waals surface area contributed by atoms with Crippen LogP contribution in [-0.2, 0) is 13.1 Å². The lowest BCUT2D eigenvalue weighted by Crippen LogP contribution is -2.20. The second-order valence-corrected chi connectivity index (χ2v) is 5.06. The number of benzene rings is 1. The van der Waals surface area contributed by atoms with E-state index in [1.54, 1.807) is 0 Å². The van der Waals surface area contributed by atoms with E-state index in [0.717, 1.165) is 19.5 Å². The van der Waals surface area contributed by atoms with E-state index in [2.05, 4.69) is 66.2 Å². The first kappa shape index (κ1) is 13.8. The Hall–Kier alpha value is -1.61. The molecular formula is C16H23N3. The van der Waals surface area contributed by atoms with Crippen LogP contribution in [0.2, 0.25) is 0 Å². The predicted octanol–water partition coefficient (Wildman–Crippen LogP) is 3.45. The van der Waals surface area contributed by atoms with Gasteiger partial charge in [-0.25, -0.2) is 0 Å². The summed E-state index contributed by atoms with van der Waals surface area (Å²) in [5.74, 6) is 0. The van der Waals surface area contributed by atoms with Gasteiger partial charge >= 0.3 is 0 Å². The van der Waals surface area contributed by atoms with E-state index < -0.39 is 0 Å². The standard InChI is InChI=1S/C16H23N3/c1-4-11-19-16(9-10-18-19)12-17-14(3)15-7-5-13(2)6-8-15/h5-10,14,17H,4,11-12H2,1-3H3. The zero-order chi connectivity index (χ0) is 13.7. The number of nitrogens with zero attached hydrogens (tertiary/aromatic N) is 2. The van der Waals surface area contributed by atoms with Crippen LogP contribution in [0.4, 0.5) is 0 Å². The van der Waals surface area contributed by atoms with Gasteiger partial charge in [-0.2, -0.15) is 5.10 Å². The first-order chi connectivity index (χ1) is 9.20. The maximum atomic E-state index is 4.34. The van der Waals surface area contributed by atoms with Crippen LogP contribution in [0.3, 0.4) is 0 Å². The maximum absolute atomic E-state index is 4.34. The molecule has 0 bridgehead atoms. The molecule has 0 aliphatic carbocycles. The highest BCUT2D eigenvalue weighted by molar-refractivity contribution is 5.23. The summed E-state index contributed by atoms with van der Waals surface area (Å²) in [6.45, 7) is 8.34. The molecule has 2 aromatic rings. The number of hydrogen-bond acceptors (Lipinski definition) is 2. The van der Waals surface area contributed by atoms with Crippen molar-refractivity contribution in [2.45, 2.75) is 46.3 Å². The van der Waals surface area contributed by atoms with E-state index in [1.165, 1.54) is 16.8 Å². The van der Waals surface area contributed by atoms with E-state index >= 15 is 0 Å². The number of nitrogens with one attached hydrogen (secondary N) is 1. The summed E-state index contributed by atoms with van der Waals surface area (Å²) in [6, 6.07) is 11.1. The van der Waals surface area contributed by atoms with Crippen molar-refractivity contribution < 1.29 is 0 Å². The summed E-state index contributed by atoms with van der Waals surface area (Å²) >= 11 is 0. The van der Waals surface area contributed by atoms with Crippen molar-refractivity contribution in [2.75, 3.05) is 0 Å². The molecule has 0 saturated heterocycles. The summed E-state index contributed by atoms with van der Waals surface area (Å²) in [5.41, 5.74) is 3.88. The fourth-order valence-electron chi connectivity index (χ4n) is 2.15. The summed E-state index contributed by atoms with van der Waals surface area (Å²) in [5, 5.41) is 7.90. The van der Waals surface area contributed by atoms with Gasteiger partial charge in [0.25, 0.3) is 0 Å². The fraction of sp³-hybridized carbons (Fsp3) is 0.438. The topological polar surface area (TPSA) is 29.9 Å². The molecule has 0 radical (unpaired) electrons. The van der Waals surface area contributed by atoms with Crippen LogP contribution in [0.25, 0.3) is 0 Å². The predicted molar refractivity (Wildman–Crippen MR) is 79.0 cm³/mol. The zero-order valence-corrected chi connectivity index (χ0v) is 12.1. The molecule has 0 amide bonds. The van der Waals surface area contributed by atoms with Gasteiger partial charge in [-0.05, 0) is 31.9 Å². The number of hydrogen-bond donors (Lipinski definition) is 1. The minimum atomic E-state index is 0.352. The van der Waals surface area contributed by atoms with E-state index in [1.807, 2.05) is 6.20 Å². The minimum absolute atomic E-state index is 0.352. The summed E-state index contributed by atoms with van der Waals surface area (Å²) in [6.07, 6.45) is 2.99. The molecular weight excluding hydrogens is 234 g/mol. The fourth-order valence-corrected chi connectivity index (χ4v) is 2.15. The largest absolute Gasteiger partial charge is 0.305 e. The third kappa shape index (κ3) is 3.67. The first-order valence-corrected chi connectivity index (χ1v) is 7.01. The summed E-state index contributed by atoms with van der Waals surface area (Å²) < 4.78 is 2.08. The smallest absolute Gasteiger partial charge is 0.0522 e. The van der Waals surface area contributed by atoms with Gasteiger partial charge in [-0.1, -0.05) is 36.8 Å². The molecule has 2 rings (SSSR count). The second-order valence-electron chi connectivity index (χ2n) is 5.06. The molecule has 0 aliphatic heterocycles. The summed E-state index contributed by atoms with van der Waals surface area (Å²) in [4.78, 5) is 0. The molecule has 0 spiro atoms. The van der Waals surface area contributed by atoms with Gasteiger partial charge in [0, 0.05) is 25.3 Å². The van der Waals surface area contributed by atoms with Crippen molar-refractivity contribution in [3.63, 3.8) is 0 Å². The Morgan fingerprint density at radius 1 is 1.21 bits per heavy atom. The molecule has 1 aromatic heterocycles. The highest BCUT2D eigenvalue weighted by atomic mass is 15.3. The highest BCUT2D eigenvalue weighted by Gasteiger charge is 2.06.